The Balaban J connectivity index is 2.19. The average Bonchev–Trinajstić information content (AvgIpc) is 2.66. The summed E-state index contributed by atoms with van der Waals surface area (Å²) in [6, 6.07) is 2.45. The molecule has 1 saturated heterocycles. The van der Waals surface area contributed by atoms with E-state index in [9.17, 15) is 0 Å². The number of thiophene rings is 1. The minimum atomic E-state index is 0.0930. The first kappa shape index (κ1) is 12.0. The van der Waals surface area contributed by atoms with Gasteiger partial charge in [-0.3, -0.25) is 4.84 Å². The highest BCUT2D eigenvalue weighted by Gasteiger charge is 2.28. The predicted octanol–water partition coefficient (Wildman–Crippen LogP) is 2.47. The third-order valence-electron chi connectivity index (χ3n) is 3.01. The molecule has 1 aromatic rings. The summed E-state index contributed by atoms with van der Waals surface area (Å²) >= 11 is 1.78. The van der Waals surface area contributed by atoms with Crippen LogP contribution in [0.2, 0.25) is 0 Å². The SMILES string of the molecule is Cc1ccsc1C(C(C)N)N1CCCCO1. The summed E-state index contributed by atoms with van der Waals surface area (Å²) in [6.07, 6.45) is 2.36. The molecular formula is C12H20N2OS. The van der Waals surface area contributed by atoms with Gasteiger partial charge < -0.3 is 5.73 Å². The van der Waals surface area contributed by atoms with Gasteiger partial charge in [-0.2, -0.15) is 5.06 Å². The van der Waals surface area contributed by atoms with Crippen LogP contribution >= 0.6 is 11.3 Å². The van der Waals surface area contributed by atoms with E-state index in [-0.39, 0.29) is 12.1 Å². The van der Waals surface area contributed by atoms with Crippen molar-refractivity contribution in [2.45, 2.75) is 38.8 Å². The number of hydroxylamine groups is 2. The number of nitrogens with zero attached hydrogens (tertiary/aromatic N) is 1. The van der Waals surface area contributed by atoms with Crippen molar-refractivity contribution in [3.8, 4) is 0 Å². The third-order valence-corrected chi connectivity index (χ3v) is 4.10. The molecule has 90 valence electrons. The summed E-state index contributed by atoms with van der Waals surface area (Å²) in [7, 11) is 0. The minimum absolute atomic E-state index is 0.0930. The maximum atomic E-state index is 6.11. The van der Waals surface area contributed by atoms with E-state index in [0.29, 0.717) is 0 Å². The predicted molar refractivity (Wildman–Crippen MR) is 67.3 cm³/mol. The molecule has 2 heterocycles. The molecule has 0 bridgehead atoms. The lowest BCUT2D eigenvalue weighted by Crippen LogP contribution is -2.42. The van der Waals surface area contributed by atoms with Crippen LogP contribution in [0.4, 0.5) is 0 Å². The molecule has 0 amide bonds. The first-order chi connectivity index (χ1) is 7.70. The molecule has 2 unspecified atom stereocenters. The van der Waals surface area contributed by atoms with E-state index in [4.69, 9.17) is 10.6 Å². The van der Waals surface area contributed by atoms with Gasteiger partial charge in [0.1, 0.15) is 0 Å². The molecule has 3 nitrogen and oxygen atoms in total. The zero-order chi connectivity index (χ0) is 11.5. The molecule has 0 spiro atoms. The largest absolute Gasteiger partial charge is 0.326 e. The fourth-order valence-electron chi connectivity index (χ4n) is 2.15. The first-order valence-corrected chi connectivity index (χ1v) is 6.77. The normalized spacial score (nSPS) is 21.9. The van der Waals surface area contributed by atoms with Gasteiger partial charge in [-0.05, 0) is 43.7 Å². The number of nitrogens with two attached hydrogens (primary N) is 1. The maximum Gasteiger partial charge on any atom is 0.0845 e. The van der Waals surface area contributed by atoms with Crippen molar-refractivity contribution < 1.29 is 4.84 Å². The van der Waals surface area contributed by atoms with Crippen LogP contribution in [-0.4, -0.2) is 24.3 Å². The Morgan fingerprint density at radius 2 is 2.31 bits per heavy atom. The third kappa shape index (κ3) is 2.46. The molecule has 2 rings (SSSR count). The summed E-state index contributed by atoms with van der Waals surface area (Å²) in [4.78, 5) is 7.08. The number of rotatable bonds is 3. The summed E-state index contributed by atoms with van der Waals surface area (Å²) in [5.41, 5.74) is 7.43. The lowest BCUT2D eigenvalue weighted by atomic mass is 10.1. The number of hydrogen-bond acceptors (Lipinski definition) is 4. The number of hydrogen-bond donors (Lipinski definition) is 1. The van der Waals surface area contributed by atoms with E-state index >= 15 is 0 Å². The Morgan fingerprint density at radius 3 is 2.81 bits per heavy atom. The molecule has 1 aliphatic heterocycles. The van der Waals surface area contributed by atoms with Crippen molar-refractivity contribution in [2.24, 2.45) is 5.73 Å². The Bertz CT molecular complexity index is 332. The lowest BCUT2D eigenvalue weighted by molar-refractivity contribution is -0.211. The van der Waals surface area contributed by atoms with Gasteiger partial charge in [0, 0.05) is 17.5 Å². The van der Waals surface area contributed by atoms with Crippen LogP contribution in [0.15, 0.2) is 11.4 Å². The molecule has 0 aliphatic carbocycles. The lowest BCUT2D eigenvalue weighted by Gasteiger charge is -2.35. The second-order valence-corrected chi connectivity index (χ2v) is 5.40. The van der Waals surface area contributed by atoms with E-state index < -0.39 is 0 Å². The molecule has 1 aromatic heterocycles. The van der Waals surface area contributed by atoms with Crippen LogP contribution in [0.1, 0.15) is 36.2 Å². The van der Waals surface area contributed by atoms with Gasteiger partial charge in [0.25, 0.3) is 0 Å². The second-order valence-electron chi connectivity index (χ2n) is 4.45. The summed E-state index contributed by atoms with van der Waals surface area (Å²) in [6.45, 7) is 6.02. The van der Waals surface area contributed by atoms with Crippen LogP contribution in [0.5, 0.6) is 0 Å². The van der Waals surface area contributed by atoms with Crippen molar-refractivity contribution in [1.29, 1.82) is 0 Å². The van der Waals surface area contributed by atoms with Crippen LogP contribution in [0, 0.1) is 6.92 Å². The fourth-order valence-corrected chi connectivity index (χ4v) is 3.30. The molecule has 4 heteroatoms. The van der Waals surface area contributed by atoms with Crippen molar-refractivity contribution in [3.63, 3.8) is 0 Å². The number of aryl methyl sites for hydroxylation is 1. The van der Waals surface area contributed by atoms with E-state index in [2.05, 4.69) is 30.4 Å². The van der Waals surface area contributed by atoms with Crippen LogP contribution in [0.25, 0.3) is 0 Å². The molecule has 1 fully saturated rings. The van der Waals surface area contributed by atoms with E-state index in [1.54, 1.807) is 11.3 Å². The highest BCUT2D eigenvalue weighted by molar-refractivity contribution is 7.10. The highest BCUT2D eigenvalue weighted by atomic mass is 32.1. The first-order valence-electron chi connectivity index (χ1n) is 5.89. The minimum Gasteiger partial charge on any atom is -0.326 e. The summed E-state index contributed by atoms with van der Waals surface area (Å²) in [5.74, 6) is 0. The Morgan fingerprint density at radius 1 is 1.50 bits per heavy atom. The topological polar surface area (TPSA) is 38.5 Å². The second kappa shape index (κ2) is 5.27. The molecule has 2 atom stereocenters. The molecular weight excluding hydrogens is 220 g/mol. The van der Waals surface area contributed by atoms with Gasteiger partial charge in [-0.15, -0.1) is 11.3 Å². The molecule has 0 aromatic carbocycles. The molecule has 0 radical (unpaired) electrons. The van der Waals surface area contributed by atoms with Gasteiger partial charge in [-0.1, -0.05) is 0 Å². The van der Waals surface area contributed by atoms with Crippen LogP contribution in [0.3, 0.4) is 0 Å². The van der Waals surface area contributed by atoms with Crippen molar-refractivity contribution in [2.75, 3.05) is 13.2 Å². The summed E-state index contributed by atoms with van der Waals surface area (Å²) in [5, 5.41) is 4.21. The average molecular weight is 240 g/mol. The standard InChI is InChI=1S/C12H20N2OS/c1-9-5-8-16-12(9)11(10(2)13)14-6-3-4-7-15-14/h5,8,10-11H,3-4,6-7,13H2,1-2H3. The van der Waals surface area contributed by atoms with Crippen molar-refractivity contribution >= 4 is 11.3 Å². The zero-order valence-corrected chi connectivity index (χ0v) is 10.8. The maximum absolute atomic E-state index is 6.11. The van der Waals surface area contributed by atoms with Gasteiger partial charge in [0.2, 0.25) is 0 Å². The fraction of sp³-hybridized carbons (Fsp3) is 0.667. The van der Waals surface area contributed by atoms with E-state index in [1.165, 1.54) is 16.9 Å². The van der Waals surface area contributed by atoms with Gasteiger partial charge in [0.05, 0.1) is 12.6 Å². The summed E-state index contributed by atoms with van der Waals surface area (Å²) < 4.78 is 0. The monoisotopic (exact) mass is 240 g/mol. The molecule has 1 aliphatic rings. The van der Waals surface area contributed by atoms with Crippen molar-refractivity contribution in [3.05, 3.63) is 21.9 Å². The van der Waals surface area contributed by atoms with Gasteiger partial charge >= 0.3 is 0 Å². The molecule has 0 saturated carbocycles. The van der Waals surface area contributed by atoms with Crippen LogP contribution < -0.4 is 5.73 Å². The Hall–Kier alpha value is -0.420. The van der Waals surface area contributed by atoms with Crippen molar-refractivity contribution in [1.82, 2.24) is 5.06 Å². The highest BCUT2D eigenvalue weighted by Crippen LogP contribution is 2.32. The van der Waals surface area contributed by atoms with Crippen LogP contribution in [-0.2, 0) is 4.84 Å². The Labute approximate surface area is 101 Å². The van der Waals surface area contributed by atoms with E-state index in [1.807, 2.05) is 0 Å². The Kier molecular flexibility index (Phi) is 3.97. The smallest absolute Gasteiger partial charge is 0.0845 e. The van der Waals surface area contributed by atoms with Gasteiger partial charge in [0.15, 0.2) is 0 Å². The molecule has 16 heavy (non-hydrogen) atoms. The molecule has 2 N–H and O–H groups in total. The van der Waals surface area contributed by atoms with Gasteiger partial charge in [-0.25, -0.2) is 0 Å². The quantitative estimate of drug-likeness (QED) is 0.882. The zero-order valence-electron chi connectivity index (χ0n) is 9.98. The van der Waals surface area contributed by atoms with E-state index in [0.717, 1.165) is 19.6 Å².